The van der Waals surface area contributed by atoms with Crippen molar-refractivity contribution in [2.75, 3.05) is 52.5 Å². The number of rotatable bonds is 17. The molecule has 0 atom stereocenters. The van der Waals surface area contributed by atoms with Crippen molar-refractivity contribution < 1.29 is 31.4 Å². The van der Waals surface area contributed by atoms with E-state index in [1.165, 1.54) is 24.5 Å². The molecule has 0 bridgehead atoms. The molecule has 5 N–H and O–H groups in total. The number of piperidine rings is 1. The third-order valence-corrected chi connectivity index (χ3v) is 19.3. The van der Waals surface area contributed by atoms with E-state index in [2.05, 4.69) is 97.8 Å². The van der Waals surface area contributed by atoms with Gasteiger partial charge in [-0.05, 0) is 162 Å². The number of hydrogen-bond donors (Lipinski definition) is 5. The van der Waals surface area contributed by atoms with Gasteiger partial charge < -0.3 is 29.9 Å². The summed E-state index contributed by atoms with van der Waals surface area (Å²) in [6.07, 6.45) is 3.38. The lowest BCUT2D eigenvalue weighted by Gasteiger charge is -2.46. The summed E-state index contributed by atoms with van der Waals surface area (Å²) in [6, 6.07) is 9.28. The van der Waals surface area contributed by atoms with Gasteiger partial charge >= 0.3 is 11.4 Å². The van der Waals surface area contributed by atoms with Crippen LogP contribution in [0.3, 0.4) is 0 Å². The molecule has 4 aromatic heterocycles. The standard InChI is InChI=1S/C27H38IN5O5S.C25H34IN5O6S/c1-8-12-33-23-20(28)21(29-22(23)24(34)32(7)25(33)35)18-13-17(10-11-19(18)38-9-2)39(36,37)30-16-14-26(3,4)31-27(5,6)15-16;1-4-9-31-23-20(26)21(27-22(23)24(33)28(3)25(31)34)18-16-17(7-8-19(18)37-5-2)38(35,36)30-11-6-10-29(12-13-30)14-15-32/h10-11,13,16,29-31H,8-9,12,14-15H2,1-7H3;7-8,16,27,32H,4-6,9-15H2,1-3H3. The fraction of sp³-hybridized carbons (Fsp3) is 0.538. The minimum Gasteiger partial charge on any atom is -0.493 e. The number of aryl methyl sites for hydroxylation is 2. The number of H-pyrrole nitrogens is 2. The molecule has 0 unspecified atom stereocenters. The molecule has 77 heavy (non-hydrogen) atoms. The van der Waals surface area contributed by atoms with Crippen molar-refractivity contribution in [2.24, 2.45) is 14.1 Å². The Kier molecular flexibility index (Phi) is 18.9. The molecule has 6 heterocycles. The van der Waals surface area contributed by atoms with Crippen LogP contribution in [0.1, 0.15) is 87.5 Å². The first kappa shape index (κ1) is 60.3. The van der Waals surface area contributed by atoms with Crippen LogP contribution in [-0.4, -0.2) is 129 Å². The van der Waals surface area contributed by atoms with Gasteiger partial charge in [0, 0.05) is 81.6 Å². The summed E-state index contributed by atoms with van der Waals surface area (Å²) in [4.78, 5) is 60.5. The largest absolute Gasteiger partial charge is 0.493 e. The Morgan fingerprint density at radius 2 is 1.14 bits per heavy atom. The molecule has 21 nitrogen and oxygen atoms in total. The SMILES string of the molecule is CCCn1c(=O)n(C)c(=O)c2[nH]c(-c3cc(S(=O)(=O)N4CCCN(CCO)CC4)ccc3OCC)c(I)c21.CCCn1c(=O)n(C)c(=O)c2[nH]c(-c3cc(S(=O)(=O)NC4CC(C)(C)NC(C)(C)C4)ccc3OCC)c(I)c21. The monoisotopic (exact) mass is 1330 g/mol. The number of ether oxygens (including phenoxy) is 2. The first-order valence-electron chi connectivity index (χ1n) is 26.0. The number of benzene rings is 2. The van der Waals surface area contributed by atoms with Crippen molar-refractivity contribution in [3.05, 3.63) is 85.2 Å². The molecular weight excluding hydrogens is 1260 g/mol. The van der Waals surface area contributed by atoms with Gasteiger partial charge in [-0.25, -0.2) is 31.1 Å². The quantitative estimate of drug-likeness (QED) is 0.0709. The van der Waals surface area contributed by atoms with Crippen LogP contribution in [0.4, 0.5) is 0 Å². The zero-order valence-electron chi connectivity index (χ0n) is 45.4. The molecule has 0 amide bonds. The third-order valence-electron chi connectivity index (χ3n) is 13.8. The van der Waals surface area contributed by atoms with Gasteiger partial charge in [0.25, 0.3) is 11.1 Å². The van der Waals surface area contributed by atoms with Crippen LogP contribution in [-0.2, 0) is 47.2 Å². The van der Waals surface area contributed by atoms with E-state index in [4.69, 9.17) is 9.47 Å². The summed E-state index contributed by atoms with van der Waals surface area (Å²) in [5.41, 5.74) is 1.53. The molecule has 2 aliphatic rings. The highest BCUT2D eigenvalue weighted by Crippen LogP contribution is 2.40. The lowest BCUT2D eigenvalue weighted by atomic mass is 9.80. The van der Waals surface area contributed by atoms with Crippen LogP contribution < -0.4 is 42.0 Å². The zero-order valence-corrected chi connectivity index (χ0v) is 51.4. The lowest BCUT2D eigenvalue weighted by Crippen LogP contribution is -2.62. The Labute approximate surface area is 476 Å². The van der Waals surface area contributed by atoms with Crippen molar-refractivity contribution in [1.82, 2.24) is 47.5 Å². The maximum absolute atomic E-state index is 13.7. The van der Waals surface area contributed by atoms with E-state index >= 15 is 0 Å². The number of nitrogens with one attached hydrogen (secondary N) is 4. The number of hydrogen-bond acceptors (Lipinski definition) is 13. The van der Waals surface area contributed by atoms with E-state index in [0.717, 1.165) is 15.7 Å². The maximum atomic E-state index is 13.7. The number of aromatic nitrogens is 6. The zero-order chi connectivity index (χ0) is 56.5. The van der Waals surface area contributed by atoms with Crippen molar-refractivity contribution in [1.29, 1.82) is 0 Å². The molecule has 422 valence electrons. The van der Waals surface area contributed by atoms with Crippen LogP contribution >= 0.6 is 45.2 Å². The fourth-order valence-electron chi connectivity index (χ4n) is 10.7. The Balaban J connectivity index is 0.000000224. The van der Waals surface area contributed by atoms with Crippen LogP contribution in [0.15, 0.2) is 65.4 Å². The second-order valence-corrected chi connectivity index (χ2v) is 26.6. The van der Waals surface area contributed by atoms with Gasteiger partial charge in [-0.3, -0.25) is 32.8 Å². The third kappa shape index (κ3) is 12.5. The molecule has 0 aliphatic carbocycles. The molecular formula is C52H72I2N10O11S2. The Bertz CT molecular complexity index is 3640. The summed E-state index contributed by atoms with van der Waals surface area (Å²) < 4.78 is 77.4. The van der Waals surface area contributed by atoms with Crippen LogP contribution in [0, 0.1) is 7.14 Å². The number of aliphatic hydroxyl groups is 1. The number of sulfonamides is 2. The van der Waals surface area contributed by atoms with Gasteiger partial charge in [0.1, 0.15) is 22.5 Å². The number of halogens is 2. The average Bonchev–Trinajstić information content (AvgIpc) is 3.80. The van der Waals surface area contributed by atoms with E-state index in [-0.39, 0.29) is 44.6 Å². The van der Waals surface area contributed by atoms with Gasteiger partial charge in [0.2, 0.25) is 20.0 Å². The van der Waals surface area contributed by atoms with Crippen LogP contribution in [0.2, 0.25) is 0 Å². The Hall–Kier alpha value is -4.36. The average molecular weight is 1330 g/mol. The van der Waals surface area contributed by atoms with E-state index in [9.17, 15) is 41.1 Å². The van der Waals surface area contributed by atoms with E-state index in [1.807, 2.05) is 27.7 Å². The molecule has 2 aliphatic heterocycles. The van der Waals surface area contributed by atoms with Crippen LogP contribution in [0.25, 0.3) is 44.6 Å². The minimum absolute atomic E-state index is 0.0351. The van der Waals surface area contributed by atoms with Gasteiger partial charge in [-0.1, -0.05) is 13.8 Å². The highest BCUT2D eigenvalue weighted by Gasteiger charge is 2.40. The first-order chi connectivity index (χ1) is 36.3. The molecule has 0 radical (unpaired) electrons. The molecule has 2 saturated heterocycles. The summed E-state index contributed by atoms with van der Waals surface area (Å²) >= 11 is 4.21. The van der Waals surface area contributed by atoms with Gasteiger partial charge in [-0.2, -0.15) is 4.31 Å². The highest BCUT2D eigenvalue weighted by atomic mass is 127. The van der Waals surface area contributed by atoms with Crippen LogP contribution in [0.5, 0.6) is 11.5 Å². The second-order valence-electron chi connectivity index (χ2n) is 20.8. The predicted molar refractivity (Wildman–Crippen MR) is 316 cm³/mol. The Morgan fingerprint density at radius 3 is 1.60 bits per heavy atom. The summed E-state index contributed by atoms with van der Waals surface area (Å²) in [5, 5.41) is 12.8. The van der Waals surface area contributed by atoms with E-state index < -0.39 is 42.5 Å². The van der Waals surface area contributed by atoms with Crippen molar-refractivity contribution in [3.8, 4) is 34.0 Å². The molecule has 6 aromatic rings. The van der Waals surface area contributed by atoms with Gasteiger partial charge in [0.05, 0.1) is 59.2 Å². The van der Waals surface area contributed by atoms with Crippen molar-refractivity contribution >= 4 is 87.3 Å². The molecule has 2 aromatic carbocycles. The van der Waals surface area contributed by atoms with E-state index in [1.54, 1.807) is 39.5 Å². The minimum atomic E-state index is -3.87. The number of aliphatic hydroxyl groups excluding tert-OH is 1. The number of fused-ring (bicyclic) bond motifs is 2. The lowest BCUT2D eigenvalue weighted by molar-refractivity contribution is 0.157. The summed E-state index contributed by atoms with van der Waals surface area (Å²) in [6.45, 7) is 20.0. The molecule has 25 heteroatoms. The first-order valence-corrected chi connectivity index (χ1v) is 31.1. The van der Waals surface area contributed by atoms with Gasteiger partial charge in [-0.15, -0.1) is 0 Å². The second kappa shape index (κ2) is 24.2. The molecule has 0 spiro atoms. The molecule has 8 rings (SSSR count). The highest BCUT2D eigenvalue weighted by molar-refractivity contribution is 14.1. The maximum Gasteiger partial charge on any atom is 0.331 e. The topological polar surface area (TPSA) is 257 Å². The summed E-state index contributed by atoms with van der Waals surface area (Å²) in [7, 11) is -4.78. The molecule has 0 saturated carbocycles. The fourth-order valence-corrected chi connectivity index (χ4v) is 15.5. The molecule has 2 fully saturated rings. The predicted octanol–water partition coefficient (Wildman–Crippen LogP) is 5.49. The Morgan fingerprint density at radius 1 is 0.675 bits per heavy atom. The number of aromatic amines is 2. The smallest absolute Gasteiger partial charge is 0.331 e. The van der Waals surface area contributed by atoms with Gasteiger partial charge in [0.15, 0.2) is 0 Å². The van der Waals surface area contributed by atoms with E-state index in [0.29, 0.717) is 137 Å². The number of nitrogens with zero attached hydrogens (tertiary/aromatic N) is 6. The van der Waals surface area contributed by atoms with Crippen molar-refractivity contribution in [2.45, 2.75) is 127 Å². The summed E-state index contributed by atoms with van der Waals surface area (Å²) in [5.74, 6) is 0.952. The number of β-amino-alcohol motifs (C(OH)–C–C–N with tert-alkyl or cyclic N) is 1. The van der Waals surface area contributed by atoms with Crippen molar-refractivity contribution in [3.63, 3.8) is 0 Å². The normalized spacial score (nSPS) is 16.6.